The number of hydrogen-bond acceptors (Lipinski definition) is 10. The molecule has 0 radical (unpaired) electrons. The number of aromatic nitrogens is 5. The van der Waals surface area contributed by atoms with Crippen LogP contribution in [-0.4, -0.2) is 56.9 Å². The second kappa shape index (κ2) is 12.1. The first-order valence-electron chi connectivity index (χ1n) is 13.2. The Morgan fingerprint density at radius 2 is 1.60 bits per heavy atom. The molecule has 4 aromatic heterocycles. The number of pyridine rings is 3. The van der Waals surface area contributed by atoms with Crippen LogP contribution in [0, 0.1) is 13.8 Å². The summed E-state index contributed by atoms with van der Waals surface area (Å²) in [4.78, 5) is 44.4. The summed E-state index contributed by atoms with van der Waals surface area (Å²) in [5.41, 5.74) is 1.83. The number of methoxy groups -OCH3 is 3. The smallest absolute Gasteiger partial charge is 0.353 e. The van der Waals surface area contributed by atoms with Gasteiger partial charge >= 0.3 is 5.97 Å². The molecule has 0 amide bonds. The molecule has 1 aromatic carbocycles. The number of nitrogens with zero attached hydrogens (tertiary/aromatic N) is 5. The summed E-state index contributed by atoms with van der Waals surface area (Å²) in [7, 11) is 4.42. The monoisotopic (exact) mass is 583 g/mol. The van der Waals surface area contributed by atoms with Gasteiger partial charge in [-0.05, 0) is 60.9 Å². The highest BCUT2D eigenvalue weighted by atomic mass is 16.5. The van der Waals surface area contributed by atoms with Crippen LogP contribution in [-0.2, 0) is 13.2 Å². The van der Waals surface area contributed by atoms with Gasteiger partial charge in [-0.15, -0.1) is 0 Å². The van der Waals surface area contributed by atoms with E-state index < -0.39 is 11.5 Å². The topological polar surface area (TPSA) is 148 Å². The highest BCUT2D eigenvalue weighted by Crippen LogP contribution is 2.44. The highest BCUT2D eigenvalue weighted by Gasteiger charge is 2.28. The average molecular weight is 584 g/mol. The summed E-state index contributed by atoms with van der Waals surface area (Å²) in [6.45, 7) is 3.46. The van der Waals surface area contributed by atoms with Crippen LogP contribution in [0.4, 0.5) is 0 Å². The third kappa shape index (κ3) is 5.54. The second-order valence-electron chi connectivity index (χ2n) is 9.59. The second-order valence-corrected chi connectivity index (χ2v) is 9.59. The molecule has 43 heavy (non-hydrogen) atoms. The van der Waals surface area contributed by atoms with Crippen LogP contribution >= 0.6 is 0 Å². The summed E-state index contributed by atoms with van der Waals surface area (Å²) >= 11 is 0. The molecule has 0 fully saturated rings. The van der Waals surface area contributed by atoms with Crippen LogP contribution in [0.5, 0.6) is 23.1 Å². The van der Waals surface area contributed by atoms with Gasteiger partial charge in [0.25, 0.3) is 5.56 Å². The lowest BCUT2D eigenvalue weighted by atomic mass is 9.94. The Morgan fingerprint density at radius 1 is 0.907 bits per heavy atom. The van der Waals surface area contributed by atoms with Crippen LogP contribution in [0.2, 0.25) is 0 Å². The lowest BCUT2D eigenvalue weighted by Crippen LogP contribution is -2.29. The minimum Gasteiger partial charge on any atom is -0.493 e. The zero-order valence-electron chi connectivity index (χ0n) is 24.2. The lowest BCUT2D eigenvalue weighted by molar-refractivity contribution is 0.0685. The van der Waals surface area contributed by atoms with Crippen molar-refractivity contribution in [2.45, 2.75) is 27.0 Å². The minimum absolute atomic E-state index is 0.0170. The van der Waals surface area contributed by atoms with Gasteiger partial charge in [-0.2, -0.15) is 0 Å². The third-order valence-electron chi connectivity index (χ3n) is 6.86. The predicted molar refractivity (Wildman–Crippen MR) is 157 cm³/mol. The summed E-state index contributed by atoms with van der Waals surface area (Å²) < 4.78 is 23.9. The fourth-order valence-electron chi connectivity index (χ4n) is 5.01. The Kier molecular flexibility index (Phi) is 8.19. The molecule has 12 heteroatoms. The van der Waals surface area contributed by atoms with Gasteiger partial charge in [-0.1, -0.05) is 0 Å². The molecule has 0 spiro atoms. The van der Waals surface area contributed by atoms with E-state index in [0.29, 0.717) is 45.1 Å². The number of aryl methyl sites for hydroxylation is 2. The zero-order chi connectivity index (χ0) is 30.7. The Balaban J connectivity index is 1.89. The van der Waals surface area contributed by atoms with E-state index in [-0.39, 0.29) is 35.7 Å². The Morgan fingerprint density at radius 3 is 2.21 bits per heavy atom. The molecule has 12 nitrogen and oxygen atoms in total. The van der Waals surface area contributed by atoms with Crippen molar-refractivity contribution >= 4 is 16.7 Å². The van der Waals surface area contributed by atoms with E-state index in [1.54, 1.807) is 55.8 Å². The Labute approximate surface area is 246 Å². The van der Waals surface area contributed by atoms with Crippen molar-refractivity contribution < 1.29 is 28.8 Å². The number of hydrogen-bond donors (Lipinski definition) is 1. The van der Waals surface area contributed by atoms with E-state index in [1.807, 2.05) is 6.92 Å². The van der Waals surface area contributed by atoms with Crippen molar-refractivity contribution in [1.29, 1.82) is 0 Å². The van der Waals surface area contributed by atoms with Crippen molar-refractivity contribution in [1.82, 2.24) is 24.5 Å². The van der Waals surface area contributed by atoms with Crippen molar-refractivity contribution in [3.63, 3.8) is 0 Å². The zero-order valence-corrected chi connectivity index (χ0v) is 24.2. The highest BCUT2D eigenvalue weighted by molar-refractivity contribution is 6.09. The molecule has 5 aromatic rings. The molecule has 1 N–H and O–H groups in total. The van der Waals surface area contributed by atoms with Gasteiger partial charge in [0.05, 0.1) is 27.9 Å². The number of benzene rings is 1. The van der Waals surface area contributed by atoms with Crippen molar-refractivity contribution in [2.24, 2.45) is 0 Å². The van der Waals surface area contributed by atoms with Gasteiger partial charge in [-0.25, -0.2) is 19.7 Å². The first-order valence-corrected chi connectivity index (χ1v) is 13.2. The van der Waals surface area contributed by atoms with Gasteiger partial charge in [0, 0.05) is 41.4 Å². The number of rotatable bonds is 10. The summed E-state index contributed by atoms with van der Waals surface area (Å²) in [6.07, 6.45) is 6.31. The average Bonchev–Trinajstić information content (AvgIpc) is 3.01. The van der Waals surface area contributed by atoms with E-state index in [4.69, 9.17) is 18.9 Å². The largest absolute Gasteiger partial charge is 0.493 e. The van der Waals surface area contributed by atoms with E-state index >= 15 is 0 Å². The first-order chi connectivity index (χ1) is 20.8. The third-order valence-corrected chi connectivity index (χ3v) is 6.86. The molecule has 0 unspecified atom stereocenters. The molecule has 0 saturated heterocycles. The van der Waals surface area contributed by atoms with Gasteiger partial charge in [-0.3, -0.25) is 14.3 Å². The van der Waals surface area contributed by atoms with E-state index in [1.165, 1.54) is 32.1 Å². The summed E-state index contributed by atoms with van der Waals surface area (Å²) in [6, 6.07) is 8.49. The van der Waals surface area contributed by atoms with Crippen molar-refractivity contribution in [3.8, 4) is 34.3 Å². The van der Waals surface area contributed by atoms with E-state index in [9.17, 15) is 14.7 Å². The number of ether oxygens (including phenoxy) is 4. The van der Waals surface area contributed by atoms with Crippen LogP contribution in [0.25, 0.3) is 21.9 Å². The SMILES string of the molecule is COc1cc(-c2c(C(=O)O)n(Cc3ccnc(C)c3)c(=O)c3c(OCc4ncccn4)ncc(C)c23)cc(OC)c1OC. The molecule has 0 bridgehead atoms. The Hall–Kier alpha value is -5.52. The van der Waals surface area contributed by atoms with Gasteiger partial charge in [0.2, 0.25) is 11.6 Å². The van der Waals surface area contributed by atoms with Gasteiger partial charge in [0.1, 0.15) is 17.7 Å². The fraction of sp³-hybridized carbons (Fsp3) is 0.226. The van der Waals surface area contributed by atoms with Crippen LogP contribution in [0.15, 0.2) is 59.9 Å². The standard InChI is InChI=1S/C31H29N5O7/c1-17-14-35-29(43-16-23-33-8-6-9-34-23)26-24(17)25(20-12-21(40-3)28(42-5)22(13-20)41-4)27(31(38)39)36(30(26)37)15-19-7-10-32-18(2)11-19/h6-14H,15-16H2,1-5H3,(H,38,39). The molecule has 0 saturated carbocycles. The number of carboxylic acid groups (broad SMARTS) is 1. The van der Waals surface area contributed by atoms with Gasteiger partial charge in [0.15, 0.2) is 17.3 Å². The van der Waals surface area contributed by atoms with Crippen LogP contribution < -0.4 is 24.5 Å². The maximum atomic E-state index is 14.3. The maximum absolute atomic E-state index is 14.3. The number of carbonyl (C=O) groups is 1. The molecule has 0 atom stereocenters. The summed E-state index contributed by atoms with van der Waals surface area (Å²) in [5, 5.41) is 11.1. The van der Waals surface area contributed by atoms with E-state index in [0.717, 1.165) is 5.69 Å². The Bertz CT molecular complexity index is 1870. The maximum Gasteiger partial charge on any atom is 0.353 e. The fourth-order valence-corrected chi connectivity index (χ4v) is 5.01. The van der Waals surface area contributed by atoms with Gasteiger partial charge < -0.3 is 24.1 Å². The van der Waals surface area contributed by atoms with Crippen molar-refractivity contribution in [2.75, 3.05) is 21.3 Å². The number of aromatic carboxylic acids is 1. The summed E-state index contributed by atoms with van der Waals surface area (Å²) in [5.74, 6) is 0.0631. The molecular formula is C31H29N5O7. The molecule has 0 aliphatic rings. The van der Waals surface area contributed by atoms with Crippen LogP contribution in [0.3, 0.4) is 0 Å². The molecular weight excluding hydrogens is 554 g/mol. The molecule has 5 rings (SSSR count). The number of fused-ring (bicyclic) bond motifs is 1. The quantitative estimate of drug-likeness (QED) is 0.252. The normalized spacial score (nSPS) is 10.9. The minimum atomic E-state index is -1.30. The van der Waals surface area contributed by atoms with Crippen LogP contribution in [0.1, 0.15) is 33.1 Å². The molecule has 220 valence electrons. The number of carboxylic acids is 1. The molecule has 0 aliphatic heterocycles. The van der Waals surface area contributed by atoms with Crippen molar-refractivity contribution in [3.05, 3.63) is 93.8 Å². The predicted octanol–water partition coefficient (Wildman–Crippen LogP) is 4.22. The molecule has 4 heterocycles. The van der Waals surface area contributed by atoms with E-state index in [2.05, 4.69) is 19.9 Å². The molecule has 0 aliphatic carbocycles. The first kappa shape index (κ1) is 29.0. The lowest BCUT2D eigenvalue weighted by Gasteiger charge is -2.21.